The number of nitrogens with one attached hydrogen (secondary N) is 2. The predicted molar refractivity (Wildman–Crippen MR) is 182 cm³/mol. The summed E-state index contributed by atoms with van der Waals surface area (Å²) in [6.45, 7) is 5.43. The van der Waals surface area contributed by atoms with Crippen molar-refractivity contribution >= 4 is 45.7 Å². The van der Waals surface area contributed by atoms with E-state index in [-0.39, 0.29) is 23.7 Å². The van der Waals surface area contributed by atoms with Gasteiger partial charge in [0.15, 0.2) is 18.1 Å². The molecule has 1 aromatic heterocycles. The third-order valence-corrected chi connectivity index (χ3v) is 7.97. The fourth-order valence-electron chi connectivity index (χ4n) is 5.85. The van der Waals surface area contributed by atoms with Crippen LogP contribution in [0, 0.1) is 0 Å². The van der Waals surface area contributed by atoms with Crippen LogP contribution in [0.5, 0.6) is 11.5 Å². The van der Waals surface area contributed by atoms with Crippen LogP contribution in [0.1, 0.15) is 56.8 Å². The van der Waals surface area contributed by atoms with Crippen molar-refractivity contribution in [3.8, 4) is 11.5 Å². The van der Waals surface area contributed by atoms with Gasteiger partial charge in [0.2, 0.25) is 5.91 Å². The fraction of sp³-hybridized carbons (Fsp3) is 0.333. The monoisotopic (exact) mass is 693 g/mol. The average Bonchev–Trinajstić information content (AvgIpc) is 3.57. The van der Waals surface area contributed by atoms with Gasteiger partial charge in [0, 0.05) is 29.5 Å². The molecule has 2 heterocycles. The molecule has 1 fully saturated rings. The van der Waals surface area contributed by atoms with E-state index in [4.69, 9.17) is 15.2 Å². The Hall–Kier alpha value is -5.53. The van der Waals surface area contributed by atoms with Crippen LogP contribution in [0.15, 0.2) is 72.9 Å². The second-order valence-corrected chi connectivity index (χ2v) is 12.0. The molecule has 4 N–H and O–H groups in total. The normalized spacial score (nSPS) is 15.1. The molecule has 0 radical (unpaired) electrons. The number of likely N-dealkylation sites (tertiary alicyclic amines) is 1. The van der Waals surface area contributed by atoms with Crippen molar-refractivity contribution < 1.29 is 41.8 Å². The Morgan fingerprint density at radius 1 is 1.02 bits per heavy atom. The van der Waals surface area contributed by atoms with Gasteiger partial charge < -0.3 is 35.5 Å². The molecule has 0 aliphatic carbocycles. The van der Waals surface area contributed by atoms with Crippen LogP contribution in [0.2, 0.25) is 0 Å². The summed E-state index contributed by atoms with van der Waals surface area (Å²) in [4.78, 5) is 43.8. The van der Waals surface area contributed by atoms with E-state index >= 15 is 0 Å². The van der Waals surface area contributed by atoms with E-state index in [1.807, 2.05) is 57.2 Å². The van der Waals surface area contributed by atoms with E-state index in [1.54, 1.807) is 41.4 Å². The lowest BCUT2D eigenvalue weighted by molar-refractivity contribution is -0.199. The standard InChI is InChI=1S/C36H38F3N5O6/c1-4-48-30-19-24(10-13-29(30)50-21(2)3)32(43-26-11-12-27-22(17-26)14-15-41-33(27)40)34(46)44-16-6-9-28(44)23-7-5-8-25(18-23)42-31(45)20-49-35(47)36(37,38)39/h5,7-8,10-15,17-19,21,28,32,43H,4,6,9,16,20H2,1-3H3,(H2,40,41)(H,42,45)/t28-,32+/m0/s1. The molecule has 2 atom stereocenters. The number of nitrogens with zero attached hydrogens (tertiary/aromatic N) is 2. The quantitative estimate of drug-likeness (QED) is 0.140. The summed E-state index contributed by atoms with van der Waals surface area (Å²) in [5.41, 5.74) is 8.38. The van der Waals surface area contributed by atoms with Gasteiger partial charge >= 0.3 is 12.1 Å². The molecule has 4 aromatic rings. The maximum atomic E-state index is 14.6. The van der Waals surface area contributed by atoms with Crippen LogP contribution in [0.25, 0.3) is 10.8 Å². The number of fused-ring (bicyclic) bond motifs is 1. The van der Waals surface area contributed by atoms with E-state index in [0.717, 1.165) is 10.8 Å². The number of esters is 1. The van der Waals surface area contributed by atoms with Crippen LogP contribution in [0.3, 0.4) is 0 Å². The maximum absolute atomic E-state index is 14.6. The molecule has 1 aliphatic heterocycles. The number of pyridine rings is 1. The van der Waals surface area contributed by atoms with E-state index in [2.05, 4.69) is 20.4 Å². The van der Waals surface area contributed by atoms with Crippen molar-refractivity contribution in [1.82, 2.24) is 9.88 Å². The van der Waals surface area contributed by atoms with Gasteiger partial charge in [0.25, 0.3) is 5.91 Å². The number of amides is 2. The van der Waals surface area contributed by atoms with Crippen molar-refractivity contribution in [2.45, 2.75) is 58.0 Å². The summed E-state index contributed by atoms with van der Waals surface area (Å²) in [5.74, 6) is -2.16. The van der Waals surface area contributed by atoms with Gasteiger partial charge in [0.1, 0.15) is 11.9 Å². The summed E-state index contributed by atoms with van der Waals surface area (Å²) >= 11 is 0. The van der Waals surface area contributed by atoms with Gasteiger partial charge in [-0.2, -0.15) is 13.2 Å². The molecule has 0 spiro atoms. The minimum atomic E-state index is -5.21. The lowest BCUT2D eigenvalue weighted by Gasteiger charge is -2.31. The number of alkyl halides is 3. The highest BCUT2D eigenvalue weighted by molar-refractivity contribution is 5.95. The molecule has 14 heteroatoms. The first kappa shape index (κ1) is 35.8. The number of carbonyl (C=O) groups is 3. The minimum Gasteiger partial charge on any atom is -0.490 e. The largest absolute Gasteiger partial charge is 0.490 e. The highest BCUT2D eigenvalue weighted by atomic mass is 19.4. The average molecular weight is 694 g/mol. The number of nitrogens with two attached hydrogens (primary N) is 1. The minimum absolute atomic E-state index is 0.101. The third kappa shape index (κ3) is 8.54. The van der Waals surface area contributed by atoms with Crippen molar-refractivity contribution in [2.75, 3.05) is 36.1 Å². The Morgan fingerprint density at radius 3 is 2.56 bits per heavy atom. The smallest absolute Gasteiger partial charge is 0.490 e. The summed E-state index contributed by atoms with van der Waals surface area (Å²) in [6.07, 6.45) is -2.35. The topological polar surface area (TPSA) is 145 Å². The number of nitrogen functional groups attached to an aromatic ring is 1. The number of halogens is 3. The van der Waals surface area contributed by atoms with Crippen LogP contribution >= 0.6 is 0 Å². The van der Waals surface area contributed by atoms with Crippen LogP contribution in [0.4, 0.5) is 30.4 Å². The zero-order valence-electron chi connectivity index (χ0n) is 27.8. The molecule has 3 aromatic carbocycles. The van der Waals surface area contributed by atoms with Crippen molar-refractivity contribution in [3.05, 3.63) is 84.1 Å². The van der Waals surface area contributed by atoms with Crippen molar-refractivity contribution in [2.24, 2.45) is 0 Å². The Kier molecular flexibility index (Phi) is 11.0. The van der Waals surface area contributed by atoms with Gasteiger partial charge in [-0.1, -0.05) is 18.2 Å². The van der Waals surface area contributed by atoms with Gasteiger partial charge in [-0.25, -0.2) is 9.78 Å². The second-order valence-electron chi connectivity index (χ2n) is 12.0. The van der Waals surface area contributed by atoms with E-state index < -0.39 is 30.7 Å². The zero-order valence-corrected chi connectivity index (χ0v) is 27.8. The molecular weight excluding hydrogens is 655 g/mol. The highest BCUT2D eigenvalue weighted by Crippen LogP contribution is 2.38. The van der Waals surface area contributed by atoms with E-state index in [1.165, 1.54) is 0 Å². The van der Waals surface area contributed by atoms with Crippen LogP contribution < -0.4 is 25.8 Å². The van der Waals surface area contributed by atoms with E-state index in [9.17, 15) is 27.6 Å². The molecule has 5 rings (SSSR count). The predicted octanol–water partition coefficient (Wildman–Crippen LogP) is 6.56. The Labute approximate surface area is 286 Å². The Morgan fingerprint density at radius 2 is 1.82 bits per heavy atom. The molecule has 264 valence electrons. The first-order valence-corrected chi connectivity index (χ1v) is 16.1. The van der Waals surface area contributed by atoms with Crippen molar-refractivity contribution in [3.63, 3.8) is 0 Å². The van der Waals surface area contributed by atoms with Crippen LogP contribution in [-0.4, -0.2) is 59.7 Å². The van der Waals surface area contributed by atoms with Gasteiger partial charge in [-0.05, 0) is 98.7 Å². The molecule has 0 saturated carbocycles. The molecule has 0 unspecified atom stereocenters. The number of carbonyl (C=O) groups excluding carboxylic acids is 3. The number of hydrogen-bond acceptors (Lipinski definition) is 9. The summed E-state index contributed by atoms with van der Waals surface area (Å²) in [5, 5.41) is 7.50. The molecule has 0 bridgehead atoms. The second kappa shape index (κ2) is 15.3. The number of aromatic nitrogens is 1. The molecule has 2 amide bonds. The van der Waals surface area contributed by atoms with E-state index in [0.29, 0.717) is 60.1 Å². The summed E-state index contributed by atoms with van der Waals surface area (Å²) in [6, 6.07) is 18.3. The SMILES string of the molecule is CCOc1cc([C@@H](Nc2ccc3c(N)nccc3c2)C(=O)N2CCC[C@H]2c2cccc(NC(=O)COC(=O)C(F)(F)F)c2)ccc1OC(C)C. The molecule has 1 aliphatic rings. The Bertz CT molecular complexity index is 1870. The van der Waals surface area contributed by atoms with Gasteiger partial charge in [0.05, 0.1) is 18.8 Å². The zero-order chi connectivity index (χ0) is 36.0. The van der Waals surface area contributed by atoms with Gasteiger partial charge in [-0.3, -0.25) is 9.59 Å². The van der Waals surface area contributed by atoms with Crippen molar-refractivity contribution in [1.29, 1.82) is 0 Å². The first-order chi connectivity index (χ1) is 23.8. The lowest BCUT2D eigenvalue weighted by Crippen LogP contribution is -2.37. The van der Waals surface area contributed by atoms with Crippen LogP contribution in [-0.2, 0) is 19.1 Å². The van der Waals surface area contributed by atoms with Gasteiger partial charge in [-0.15, -0.1) is 0 Å². The molecule has 11 nitrogen and oxygen atoms in total. The number of benzene rings is 3. The third-order valence-electron chi connectivity index (χ3n) is 7.97. The number of rotatable bonds is 12. The number of ether oxygens (including phenoxy) is 3. The number of hydrogen-bond donors (Lipinski definition) is 3. The Balaban J connectivity index is 1.44. The number of anilines is 3. The molecule has 50 heavy (non-hydrogen) atoms. The molecular formula is C36H38F3N5O6. The lowest BCUT2D eigenvalue weighted by atomic mass is 10.0. The first-order valence-electron chi connectivity index (χ1n) is 16.1. The molecule has 1 saturated heterocycles. The maximum Gasteiger partial charge on any atom is 0.490 e. The highest BCUT2D eigenvalue weighted by Gasteiger charge is 2.41. The summed E-state index contributed by atoms with van der Waals surface area (Å²) in [7, 11) is 0. The summed E-state index contributed by atoms with van der Waals surface area (Å²) < 4.78 is 53.4. The fourth-order valence-corrected chi connectivity index (χ4v) is 5.85.